The van der Waals surface area contributed by atoms with Crippen LogP contribution in [0.15, 0.2) is 18.2 Å². The van der Waals surface area contributed by atoms with Crippen LogP contribution in [0.3, 0.4) is 0 Å². The van der Waals surface area contributed by atoms with Gasteiger partial charge in [0.2, 0.25) is 11.8 Å². The van der Waals surface area contributed by atoms with Gasteiger partial charge in [0.1, 0.15) is 0 Å². The zero-order valence-electron chi connectivity index (χ0n) is 12.6. The molecule has 2 aliphatic rings. The lowest BCUT2D eigenvalue weighted by Crippen LogP contribution is -2.65. The summed E-state index contributed by atoms with van der Waals surface area (Å²) in [6.07, 6.45) is 4.44. The van der Waals surface area contributed by atoms with Gasteiger partial charge in [-0.1, -0.05) is 36.0 Å². The summed E-state index contributed by atoms with van der Waals surface area (Å²) in [6.45, 7) is 0. The van der Waals surface area contributed by atoms with Crippen LogP contribution in [-0.2, 0) is 9.59 Å². The minimum absolute atomic E-state index is 0.0926. The summed E-state index contributed by atoms with van der Waals surface area (Å²) in [5.74, 6) is -0.331. The van der Waals surface area contributed by atoms with Gasteiger partial charge in [-0.05, 0) is 31.0 Å². The van der Waals surface area contributed by atoms with Crippen molar-refractivity contribution < 1.29 is 9.59 Å². The van der Waals surface area contributed by atoms with Crippen LogP contribution >= 0.6 is 23.2 Å². The maximum atomic E-state index is 12.2. The van der Waals surface area contributed by atoms with Gasteiger partial charge in [-0.2, -0.15) is 0 Å². The van der Waals surface area contributed by atoms with E-state index in [4.69, 9.17) is 23.2 Å². The first kappa shape index (κ1) is 16.6. The third-order valence-electron chi connectivity index (χ3n) is 4.42. The Morgan fingerprint density at radius 2 is 1.91 bits per heavy atom. The fourth-order valence-electron chi connectivity index (χ4n) is 3.24. The Labute approximate surface area is 145 Å². The van der Waals surface area contributed by atoms with Gasteiger partial charge < -0.3 is 16.0 Å². The fourth-order valence-corrected chi connectivity index (χ4v) is 3.54. The van der Waals surface area contributed by atoms with E-state index in [1.807, 2.05) is 0 Å². The highest BCUT2D eigenvalue weighted by atomic mass is 35.5. The maximum Gasteiger partial charge on any atom is 0.237 e. The van der Waals surface area contributed by atoms with Crippen molar-refractivity contribution in [3.05, 3.63) is 28.2 Å². The molecule has 1 aliphatic heterocycles. The smallest absolute Gasteiger partial charge is 0.237 e. The van der Waals surface area contributed by atoms with Crippen molar-refractivity contribution in [1.29, 1.82) is 0 Å². The van der Waals surface area contributed by atoms with E-state index in [0.717, 1.165) is 25.7 Å². The van der Waals surface area contributed by atoms with Crippen molar-refractivity contribution in [2.75, 3.05) is 5.32 Å². The summed E-state index contributed by atoms with van der Waals surface area (Å²) in [5, 5.41) is 9.91. The first-order chi connectivity index (χ1) is 11.0. The summed E-state index contributed by atoms with van der Waals surface area (Å²) >= 11 is 11.8. The van der Waals surface area contributed by atoms with E-state index in [2.05, 4.69) is 16.0 Å². The van der Waals surface area contributed by atoms with Gasteiger partial charge in [-0.3, -0.25) is 9.59 Å². The number of fused-ring (bicyclic) bond motifs is 1. The third kappa shape index (κ3) is 3.97. The van der Waals surface area contributed by atoms with Gasteiger partial charge in [0.05, 0.1) is 22.5 Å². The number of anilines is 1. The lowest BCUT2D eigenvalue weighted by molar-refractivity contribution is -0.129. The Balaban J connectivity index is 1.58. The number of hydrogen-bond donors (Lipinski definition) is 3. The van der Waals surface area contributed by atoms with Crippen LogP contribution < -0.4 is 16.0 Å². The normalized spacial score (nSPS) is 27.0. The van der Waals surface area contributed by atoms with Crippen molar-refractivity contribution >= 4 is 40.7 Å². The average molecular weight is 356 g/mol. The molecule has 0 bridgehead atoms. The highest BCUT2D eigenvalue weighted by molar-refractivity contribution is 6.42. The molecule has 0 unspecified atom stereocenters. The van der Waals surface area contributed by atoms with E-state index in [-0.39, 0.29) is 30.3 Å². The second-order valence-corrected chi connectivity index (χ2v) is 6.92. The van der Waals surface area contributed by atoms with E-state index in [1.54, 1.807) is 18.2 Å². The minimum atomic E-state index is -0.489. The number of benzene rings is 1. The molecule has 3 atom stereocenters. The molecule has 2 amide bonds. The molecule has 5 nitrogen and oxygen atoms in total. The number of halogens is 2. The third-order valence-corrected chi connectivity index (χ3v) is 5.16. The molecule has 0 spiro atoms. The predicted octanol–water partition coefficient (Wildman–Crippen LogP) is 2.72. The number of amides is 2. The summed E-state index contributed by atoms with van der Waals surface area (Å²) in [6, 6.07) is 4.87. The minimum Gasteiger partial charge on any atom is -0.350 e. The lowest BCUT2D eigenvalue weighted by atomic mass is 9.87. The van der Waals surface area contributed by atoms with Gasteiger partial charge >= 0.3 is 0 Å². The van der Waals surface area contributed by atoms with Gasteiger partial charge in [0, 0.05) is 17.8 Å². The Morgan fingerprint density at radius 3 is 2.65 bits per heavy atom. The van der Waals surface area contributed by atoms with E-state index < -0.39 is 6.04 Å². The van der Waals surface area contributed by atoms with Crippen LogP contribution in [0.5, 0.6) is 0 Å². The van der Waals surface area contributed by atoms with Crippen molar-refractivity contribution in [2.24, 2.45) is 0 Å². The number of carbonyl (C=O) groups excluding carboxylic acids is 2. The molecule has 0 aromatic heterocycles. The largest absolute Gasteiger partial charge is 0.350 e. The predicted molar refractivity (Wildman–Crippen MR) is 90.8 cm³/mol. The molecule has 1 aliphatic carbocycles. The molecule has 1 heterocycles. The number of nitrogens with one attached hydrogen (secondary N) is 3. The SMILES string of the molecule is O=C(C[C@@H]1N[C@@H]2CCCC[C@@H]2NC1=O)Nc1ccc(Cl)c(Cl)c1. The number of carbonyl (C=O) groups is 2. The first-order valence-corrected chi connectivity index (χ1v) is 8.60. The van der Waals surface area contributed by atoms with E-state index >= 15 is 0 Å². The monoisotopic (exact) mass is 355 g/mol. The maximum absolute atomic E-state index is 12.2. The zero-order chi connectivity index (χ0) is 16.4. The van der Waals surface area contributed by atoms with Crippen LogP contribution in [0.2, 0.25) is 10.0 Å². The molecular formula is C16H19Cl2N3O2. The second kappa shape index (κ2) is 7.07. The highest BCUT2D eigenvalue weighted by Crippen LogP contribution is 2.25. The quantitative estimate of drug-likeness (QED) is 0.780. The van der Waals surface area contributed by atoms with E-state index in [0.29, 0.717) is 15.7 Å². The molecule has 23 heavy (non-hydrogen) atoms. The van der Waals surface area contributed by atoms with Crippen LogP contribution in [0.1, 0.15) is 32.1 Å². The van der Waals surface area contributed by atoms with Crippen molar-refractivity contribution in [3.63, 3.8) is 0 Å². The highest BCUT2D eigenvalue weighted by Gasteiger charge is 2.36. The standard InChI is InChI=1S/C16H19Cl2N3O2/c17-10-6-5-9(7-11(10)18)19-15(22)8-14-16(23)21-13-4-2-1-3-12(13)20-14/h5-7,12-14,20H,1-4,8H2,(H,19,22)(H,21,23)/t12-,13+,14+/m1/s1. The van der Waals surface area contributed by atoms with Crippen molar-refractivity contribution in [3.8, 4) is 0 Å². The zero-order valence-corrected chi connectivity index (χ0v) is 14.1. The van der Waals surface area contributed by atoms with Crippen LogP contribution in [0.25, 0.3) is 0 Å². The Kier molecular flexibility index (Phi) is 5.09. The number of piperazine rings is 1. The molecule has 1 saturated heterocycles. The Bertz CT molecular complexity index is 623. The van der Waals surface area contributed by atoms with E-state index in [9.17, 15) is 9.59 Å². The van der Waals surface area contributed by atoms with E-state index in [1.165, 1.54) is 0 Å². The molecule has 2 fully saturated rings. The number of hydrogen-bond acceptors (Lipinski definition) is 3. The molecular weight excluding hydrogens is 337 g/mol. The molecule has 1 aromatic carbocycles. The topological polar surface area (TPSA) is 70.2 Å². The van der Waals surface area contributed by atoms with Gasteiger partial charge in [-0.25, -0.2) is 0 Å². The Hall–Kier alpha value is -1.30. The van der Waals surface area contributed by atoms with Crippen LogP contribution in [0, 0.1) is 0 Å². The first-order valence-electron chi connectivity index (χ1n) is 7.84. The van der Waals surface area contributed by atoms with Gasteiger partial charge in [0.25, 0.3) is 0 Å². The van der Waals surface area contributed by atoms with Gasteiger partial charge in [0.15, 0.2) is 0 Å². The summed E-state index contributed by atoms with van der Waals surface area (Å²) in [4.78, 5) is 24.3. The molecule has 3 rings (SSSR count). The molecule has 7 heteroatoms. The molecule has 124 valence electrons. The van der Waals surface area contributed by atoms with Crippen molar-refractivity contribution in [1.82, 2.24) is 10.6 Å². The van der Waals surface area contributed by atoms with Gasteiger partial charge in [-0.15, -0.1) is 0 Å². The molecule has 1 aromatic rings. The average Bonchev–Trinajstić information content (AvgIpc) is 2.51. The summed E-state index contributed by atoms with van der Waals surface area (Å²) < 4.78 is 0. The second-order valence-electron chi connectivity index (χ2n) is 6.11. The fraction of sp³-hybridized carbons (Fsp3) is 0.500. The Morgan fingerprint density at radius 1 is 1.17 bits per heavy atom. The lowest BCUT2D eigenvalue weighted by Gasteiger charge is -2.40. The van der Waals surface area contributed by atoms with Crippen LogP contribution in [0.4, 0.5) is 5.69 Å². The van der Waals surface area contributed by atoms with Crippen molar-refractivity contribution in [2.45, 2.75) is 50.2 Å². The molecule has 0 radical (unpaired) electrons. The summed E-state index contributed by atoms with van der Waals surface area (Å²) in [5.41, 5.74) is 0.566. The molecule has 3 N–H and O–H groups in total. The molecule has 1 saturated carbocycles. The summed E-state index contributed by atoms with van der Waals surface area (Å²) in [7, 11) is 0. The van der Waals surface area contributed by atoms with Crippen LogP contribution in [-0.4, -0.2) is 29.9 Å². The number of rotatable bonds is 3.